The molecule has 0 atom stereocenters. The van der Waals surface area contributed by atoms with Crippen LogP contribution in [0, 0.1) is 6.92 Å². The highest BCUT2D eigenvalue weighted by Crippen LogP contribution is 2.19. The van der Waals surface area contributed by atoms with Crippen LogP contribution < -0.4 is 5.32 Å². The molecule has 4 nitrogen and oxygen atoms in total. The van der Waals surface area contributed by atoms with Crippen LogP contribution in [0.25, 0.3) is 0 Å². The van der Waals surface area contributed by atoms with E-state index in [1.807, 2.05) is 6.92 Å². The van der Waals surface area contributed by atoms with Gasteiger partial charge in [-0.05, 0) is 13.3 Å². The highest BCUT2D eigenvalue weighted by molar-refractivity contribution is 7.11. The number of rotatable bonds is 8. The van der Waals surface area contributed by atoms with Gasteiger partial charge in [0.15, 0.2) is 0 Å². The predicted molar refractivity (Wildman–Crippen MR) is 73.8 cm³/mol. The third kappa shape index (κ3) is 5.14. The summed E-state index contributed by atoms with van der Waals surface area (Å²) in [6, 6.07) is 0. The second kappa shape index (κ2) is 8.21. The van der Waals surface area contributed by atoms with E-state index in [1.165, 1.54) is 6.42 Å². The summed E-state index contributed by atoms with van der Waals surface area (Å²) in [6.45, 7) is 5.38. The molecule has 0 unspecified atom stereocenters. The third-order valence-corrected chi connectivity index (χ3v) is 3.76. The second-order valence-corrected chi connectivity index (χ2v) is 5.45. The number of unbranched alkanes of at least 4 members (excludes halogenated alkanes) is 2. The number of carbonyl (C=O) groups excluding carboxylic acids is 1. The zero-order valence-electron chi connectivity index (χ0n) is 11.4. The van der Waals surface area contributed by atoms with Gasteiger partial charge in [-0.2, -0.15) is 0 Å². The number of thiazole rings is 1. The van der Waals surface area contributed by atoms with E-state index in [0.717, 1.165) is 35.0 Å². The SMILES string of the molecule is CCCCCNC(=O)Cc1sc(COC)nc1C. The van der Waals surface area contributed by atoms with Gasteiger partial charge in [-0.15, -0.1) is 11.3 Å². The molecule has 1 N–H and O–H groups in total. The number of hydrogen-bond donors (Lipinski definition) is 1. The van der Waals surface area contributed by atoms with Crippen LogP contribution in [-0.2, 0) is 22.6 Å². The van der Waals surface area contributed by atoms with Crippen molar-refractivity contribution in [3.63, 3.8) is 0 Å². The first-order chi connectivity index (χ1) is 8.67. The number of ether oxygens (including phenoxy) is 1. The van der Waals surface area contributed by atoms with Crippen LogP contribution in [0.1, 0.15) is 41.8 Å². The van der Waals surface area contributed by atoms with Crippen molar-refractivity contribution in [3.8, 4) is 0 Å². The summed E-state index contributed by atoms with van der Waals surface area (Å²) in [5, 5.41) is 3.88. The molecule has 1 aromatic rings. The van der Waals surface area contributed by atoms with Gasteiger partial charge in [0.05, 0.1) is 18.7 Å². The fourth-order valence-corrected chi connectivity index (χ4v) is 2.69. The molecule has 0 aliphatic rings. The maximum absolute atomic E-state index is 11.7. The maximum Gasteiger partial charge on any atom is 0.225 e. The van der Waals surface area contributed by atoms with E-state index in [4.69, 9.17) is 4.74 Å². The zero-order chi connectivity index (χ0) is 13.4. The molecule has 102 valence electrons. The number of nitrogens with zero attached hydrogens (tertiary/aromatic N) is 1. The normalized spacial score (nSPS) is 10.6. The molecule has 0 aromatic carbocycles. The molecule has 1 amide bonds. The van der Waals surface area contributed by atoms with E-state index in [9.17, 15) is 4.79 Å². The van der Waals surface area contributed by atoms with Gasteiger partial charge < -0.3 is 10.1 Å². The molecule has 18 heavy (non-hydrogen) atoms. The van der Waals surface area contributed by atoms with Gasteiger partial charge in [0.1, 0.15) is 5.01 Å². The second-order valence-electron chi connectivity index (χ2n) is 4.28. The standard InChI is InChI=1S/C13H22N2O2S/c1-4-5-6-7-14-12(16)8-11-10(2)15-13(18-11)9-17-3/h4-9H2,1-3H3,(H,14,16). The minimum Gasteiger partial charge on any atom is -0.378 e. The van der Waals surface area contributed by atoms with Crippen molar-refractivity contribution < 1.29 is 9.53 Å². The summed E-state index contributed by atoms with van der Waals surface area (Å²) in [5.74, 6) is 0.0850. The Morgan fingerprint density at radius 2 is 2.22 bits per heavy atom. The van der Waals surface area contributed by atoms with Gasteiger partial charge in [0.2, 0.25) is 5.91 Å². The molecule has 1 rings (SSSR count). The molecule has 0 bridgehead atoms. The molecule has 0 saturated carbocycles. The van der Waals surface area contributed by atoms with E-state index < -0.39 is 0 Å². The minimum absolute atomic E-state index is 0.0850. The van der Waals surface area contributed by atoms with Crippen LogP contribution in [0.5, 0.6) is 0 Å². The van der Waals surface area contributed by atoms with Gasteiger partial charge in [-0.25, -0.2) is 4.98 Å². The number of methoxy groups -OCH3 is 1. The van der Waals surface area contributed by atoms with Crippen LogP contribution in [0.4, 0.5) is 0 Å². The Bertz CT molecular complexity index is 377. The average molecular weight is 270 g/mol. The Balaban J connectivity index is 2.39. The fourth-order valence-electron chi connectivity index (χ4n) is 1.65. The molecule has 0 saturated heterocycles. The summed E-state index contributed by atoms with van der Waals surface area (Å²) in [4.78, 5) is 17.1. The van der Waals surface area contributed by atoms with E-state index >= 15 is 0 Å². The van der Waals surface area contributed by atoms with Crippen LogP contribution in [0.15, 0.2) is 0 Å². The summed E-state index contributed by atoms with van der Waals surface area (Å²) < 4.78 is 5.04. The number of amides is 1. The summed E-state index contributed by atoms with van der Waals surface area (Å²) in [5.41, 5.74) is 0.941. The number of carbonyl (C=O) groups is 1. The average Bonchev–Trinajstić information content (AvgIpc) is 2.66. The predicted octanol–water partition coefficient (Wildman–Crippen LogP) is 2.45. The molecule has 1 aromatic heterocycles. The van der Waals surface area contributed by atoms with Gasteiger partial charge in [0.25, 0.3) is 0 Å². The lowest BCUT2D eigenvalue weighted by Crippen LogP contribution is -2.25. The molecule has 0 radical (unpaired) electrons. The minimum atomic E-state index is 0.0850. The van der Waals surface area contributed by atoms with Gasteiger partial charge >= 0.3 is 0 Å². The lowest BCUT2D eigenvalue weighted by molar-refractivity contribution is -0.120. The van der Waals surface area contributed by atoms with Crippen molar-refractivity contribution in [1.29, 1.82) is 0 Å². The first-order valence-electron chi connectivity index (χ1n) is 6.38. The smallest absolute Gasteiger partial charge is 0.225 e. The van der Waals surface area contributed by atoms with Crippen molar-refractivity contribution in [2.75, 3.05) is 13.7 Å². The molecule has 1 heterocycles. The molecule has 0 aliphatic heterocycles. The van der Waals surface area contributed by atoms with Crippen molar-refractivity contribution in [2.45, 2.75) is 46.1 Å². The van der Waals surface area contributed by atoms with Crippen molar-refractivity contribution >= 4 is 17.2 Å². The molecule has 0 fully saturated rings. The van der Waals surface area contributed by atoms with Gasteiger partial charge in [-0.1, -0.05) is 19.8 Å². The largest absolute Gasteiger partial charge is 0.378 e. The van der Waals surface area contributed by atoms with Gasteiger partial charge in [0, 0.05) is 18.5 Å². The summed E-state index contributed by atoms with van der Waals surface area (Å²) in [7, 11) is 1.65. The van der Waals surface area contributed by atoms with E-state index in [1.54, 1.807) is 18.4 Å². The Morgan fingerprint density at radius 3 is 2.89 bits per heavy atom. The highest BCUT2D eigenvalue weighted by Gasteiger charge is 2.11. The van der Waals surface area contributed by atoms with Crippen LogP contribution in [0.3, 0.4) is 0 Å². The Kier molecular flexibility index (Phi) is 6.90. The molecule has 0 spiro atoms. The summed E-state index contributed by atoms with van der Waals surface area (Å²) in [6.07, 6.45) is 3.82. The maximum atomic E-state index is 11.7. The van der Waals surface area contributed by atoms with E-state index in [0.29, 0.717) is 13.0 Å². The molecule has 5 heteroatoms. The van der Waals surface area contributed by atoms with Crippen molar-refractivity contribution in [2.24, 2.45) is 0 Å². The molecular formula is C13H22N2O2S. The number of aryl methyl sites for hydroxylation is 1. The topological polar surface area (TPSA) is 51.2 Å². The first kappa shape index (κ1) is 15.1. The number of aromatic nitrogens is 1. The lowest BCUT2D eigenvalue weighted by atomic mass is 10.2. The van der Waals surface area contributed by atoms with E-state index in [2.05, 4.69) is 17.2 Å². The first-order valence-corrected chi connectivity index (χ1v) is 7.19. The van der Waals surface area contributed by atoms with Crippen molar-refractivity contribution in [3.05, 3.63) is 15.6 Å². The third-order valence-electron chi connectivity index (χ3n) is 2.63. The summed E-state index contributed by atoms with van der Waals surface area (Å²) >= 11 is 1.56. The van der Waals surface area contributed by atoms with Crippen molar-refractivity contribution in [1.82, 2.24) is 10.3 Å². The quantitative estimate of drug-likeness (QED) is 0.738. The van der Waals surface area contributed by atoms with E-state index in [-0.39, 0.29) is 5.91 Å². The van der Waals surface area contributed by atoms with Crippen LogP contribution in [0.2, 0.25) is 0 Å². The zero-order valence-corrected chi connectivity index (χ0v) is 12.2. The highest BCUT2D eigenvalue weighted by atomic mass is 32.1. The number of hydrogen-bond acceptors (Lipinski definition) is 4. The van der Waals surface area contributed by atoms with Crippen LogP contribution >= 0.6 is 11.3 Å². The van der Waals surface area contributed by atoms with Crippen LogP contribution in [-0.4, -0.2) is 24.5 Å². The lowest BCUT2D eigenvalue weighted by Gasteiger charge is -2.03. The molecule has 0 aliphatic carbocycles. The number of nitrogens with one attached hydrogen (secondary N) is 1. The monoisotopic (exact) mass is 270 g/mol. The molecular weight excluding hydrogens is 248 g/mol. The fraction of sp³-hybridized carbons (Fsp3) is 0.692. The Hall–Kier alpha value is -0.940. The Labute approximate surface area is 113 Å². The Morgan fingerprint density at radius 1 is 1.44 bits per heavy atom. The van der Waals surface area contributed by atoms with Gasteiger partial charge in [-0.3, -0.25) is 4.79 Å².